The predicted octanol–water partition coefficient (Wildman–Crippen LogP) is 3.46. The van der Waals surface area contributed by atoms with Gasteiger partial charge in [0.1, 0.15) is 11.4 Å². The van der Waals surface area contributed by atoms with Crippen molar-refractivity contribution in [3.05, 3.63) is 84.8 Å². The summed E-state index contributed by atoms with van der Waals surface area (Å²) in [6.07, 6.45) is 9.47. The number of hydrogen-bond donors (Lipinski definition) is 1. The largest absolute Gasteiger partial charge is 0.360 e. The lowest BCUT2D eigenvalue weighted by atomic mass is 10.1. The highest BCUT2D eigenvalue weighted by molar-refractivity contribution is 5.82. The zero-order valence-electron chi connectivity index (χ0n) is 14.8. The lowest BCUT2D eigenvalue weighted by molar-refractivity contribution is 0.875. The van der Waals surface area contributed by atoms with E-state index in [9.17, 15) is 0 Å². The molecular formula is C21H15N7. The van der Waals surface area contributed by atoms with Gasteiger partial charge in [0.2, 0.25) is 0 Å². The Morgan fingerprint density at radius 1 is 0.786 bits per heavy atom. The Morgan fingerprint density at radius 2 is 1.71 bits per heavy atom. The summed E-state index contributed by atoms with van der Waals surface area (Å²) in [5.41, 5.74) is 5.37. The molecule has 0 fully saturated rings. The van der Waals surface area contributed by atoms with Crippen molar-refractivity contribution in [2.75, 3.05) is 0 Å². The van der Waals surface area contributed by atoms with Gasteiger partial charge in [0.15, 0.2) is 5.82 Å². The molecule has 1 N–H and O–H groups in total. The molecule has 134 valence electrons. The Morgan fingerprint density at radius 3 is 2.57 bits per heavy atom. The number of aromatic amines is 1. The molecule has 4 aromatic heterocycles. The summed E-state index contributed by atoms with van der Waals surface area (Å²) < 4.78 is 0. The summed E-state index contributed by atoms with van der Waals surface area (Å²) in [6, 6.07) is 13.8. The molecule has 5 aromatic rings. The van der Waals surface area contributed by atoms with Crippen LogP contribution in [-0.4, -0.2) is 35.3 Å². The fourth-order valence-electron chi connectivity index (χ4n) is 3.21. The van der Waals surface area contributed by atoms with Crippen LogP contribution in [0.2, 0.25) is 0 Å². The molecule has 0 saturated carbocycles. The Hall–Kier alpha value is -4.00. The van der Waals surface area contributed by atoms with E-state index in [0.29, 0.717) is 12.2 Å². The summed E-state index contributed by atoms with van der Waals surface area (Å²) in [5.74, 6) is 0.643. The number of H-pyrrole nitrogens is 1. The van der Waals surface area contributed by atoms with E-state index in [1.807, 2.05) is 54.9 Å². The van der Waals surface area contributed by atoms with E-state index in [1.54, 1.807) is 18.6 Å². The van der Waals surface area contributed by atoms with Crippen LogP contribution in [0.1, 0.15) is 11.4 Å². The number of pyridine rings is 1. The van der Waals surface area contributed by atoms with Gasteiger partial charge in [-0.25, -0.2) is 4.98 Å². The van der Waals surface area contributed by atoms with E-state index in [4.69, 9.17) is 4.98 Å². The van der Waals surface area contributed by atoms with Gasteiger partial charge in [-0.2, -0.15) is 10.2 Å². The summed E-state index contributed by atoms with van der Waals surface area (Å²) >= 11 is 0. The molecule has 1 aromatic carbocycles. The second kappa shape index (κ2) is 6.96. The van der Waals surface area contributed by atoms with Crippen LogP contribution in [0.5, 0.6) is 0 Å². The zero-order valence-corrected chi connectivity index (χ0v) is 14.8. The molecule has 0 spiro atoms. The molecule has 0 bridgehead atoms. The molecule has 4 heterocycles. The van der Waals surface area contributed by atoms with Crippen molar-refractivity contribution in [3.8, 4) is 22.5 Å². The third-order valence-electron chi connectivity index (χ3n) is 4.55. The number of fused-ring (bicyclic) bond motifs is 1. The minimum atomic E-state index is 0.567. The van der Waals surface area contributed by atoms with Crippen LogP contribution in [0.25, 0.3) is 33.4 Å². The topological polar surface area (TPSA) is 93.1 Å². The second-order valence-electron chi connectivity index (χ2n) is 6.33. The number of nitrogens with one attached hydrogen (secondary N) is 1. The number of rotatable bonds is 4. The van der Waals surface area contributed by atoms with Crippen molar-refractivity contribution in [2.45, 2.75) is 6.42 Å². The zero-order chi connectivity index (χ0) is 18.8. The predicted molar refractivity (Wildman–Crippen MR) is 105 cm³/mol. The monoisotopic (exact) mass is 365 g/mol. The molecule has 0 saturated heterocycles. The SMILES string of the molecule is c1ccc(-c2nnc(Cc3c[nH]c4cnccc34)nc2-c2ccnnc2)cc1. The number of hydrogen-bond acceptors (Lipinski definition) is 6. The van der Waals surface area contributed by atoms with Crippen molar-refractivity contribution in [1.82, 2.24) is 35.3 Å². The first-order valence-corrected chi connectivity index (χ1v) is 8.84. The summed E-state index contributed by atoms with van der Waals surface area (Å²) in [7, 11) is 0. The number of aromatic nitrogens is 7. The Kier molecular flexibility index (Phi) is 4.02. The van der Waals surface area contributed by atoms with Gasteiger partial charge in [-0.1, -0.05) is 30.3 Å². The van der Waals surface area contributed by atoms with Gasteiger partial charge >= 0.3 is 0 Å². The summed E-state index contributed by atoms with van der Waals surface area (Å²) in [5, 5.41) is 17.9. The quantitative estimate of drug-likeness (QED) is 0.524. The van der Waals surface area contributed by atoms with Crippen LogP contribution in [0.4, 0.5) is 0 Å². The van der Waals surface area contributed by atoms with E-state index in [-0.39, 0.29) is 0 Å². The van der Waals surface area contributed by atoms with E-state index in [2.05, 4.69) is 30.4 Å². The van der Waals surface area contributed by atoms with E-state index in [1.165, 1.54) is 0 Å². The van der Waals surface area contributed by atoms with E-state index < -0.39 is 0 Å². The molecule has 5 rings (SSSR count). The van der Waals surface area contributed by atoms with Gasteiger partial charge in [0, 0.05) is 35.3 Å². The van der Waals surface area contributed by atoms with Gasteiger partial charge in [0.05, 0.1) is 24.1 Å². The summed E-state index contributed by atoms with van der Waals surface area (Å²) in [4.78, 5) is 12.2. The molecular weight excluding hydrogens is 350 g/mol. The third-order valence-corrected chi connectivity index (χ3v) is 4.55. The summed E-state index contributed by atoms with van der Waals surface area (Å²) in [6.45, 7) is 0. The smallest absolute Gasteiger partial charge is 0.156 e. The van der Waals surface area contributed by atoms with Crippen molar-refractivity contribution in [3.63, 3.8) is 0 Å². The highest BCUT2D eigenvalue weighted by Crippen LogP contribution is 2.28. The van der Waals surface area contributed by atoms with Gasteiger partial charge in [-0.15, -0.1) is 10.2 Å². The molecule has 7 heteroatoms. The van der Waals surface area contributed by atoms with Gasteiger partial charge in [-0.05, 0) is 17.7 Å². The van der Waals surface area contributed by atoms with Crippen molar-refractivity contribution >= 4 is 10.9 Å². The molecule has 0 aliphatic carbocycles. The highest BCUT2D eigenvalue weighted by atomic mass is 15.2. The molecule has 0 aliphatic heterocycles. The fourth-order valence-corrected chi connectivity index (χ4v) is 3.21. The van der Waals surface area contributed by atoms with Crippen LogP contribution < -0.4 is 0 Å². The van der Waals surface area contributed by atoms with E-state index >= 15 is 0 Å². The minimum absolute atomic E-state index is 0.567. The van der Waals surface area contributed by atoms with Crippen molar-refractivity contribution in [1.29, 1.82) is 0 Å². The van der Waals surface area contributed by atoms with Crippen LogP contribution in [-0.2, 0) is 6.42 Å². The molecule has 0 radical (unpaired) electrons. The van der Waals surface area contributed by atoms with Crippen LogP contribution in [0, 0.1) is 0 Å². The van der Waals surface area contributed by atoms with Crippen LogP contribution >= 0.6 is 0 Å². The molecule has 0 amide bonds. The first-order valence-electron chi connectivity index (χ1n) is 8.84. The van der Waals surface area contributed by atoms with Gasteiger partial charge < -0.3 is 4.98 Å². The maximum atomic E-state index is 4.83. The average Bonchev–Trinajstić information content (AvgIpc) is 3.18. The van der Waals surface area contributed by atoms with Crippen molar-refractivity contribution < 1.29 is 0 Å². The second-order valence-corrected chi connectivity index (χ2v) is 6.33. The van der Waals surface area contributed by atoms with Gasteiger partial charge in [-0.3, -0.25) is 4.98 Å². The molecule has 0 unspecified atom stereocenters. The first-order chi connectivity index (χ1) is 13.9. The van der Waals surface area contributed by atoms with Crippen LogP contribution in [0.15, 0.2) is 73.4 Å². The molecule has 0 aliphatic rings. The number of benzene rings is 1. The molecule has 0 atom stereocenters. The van der Waals surface area contributed by atoms with Gasteiger partial charge in [0.25, 0.3) is 0 Å². The maximum absolute atomic E-state index is 4.83. The lowest BCUT2D eigenvalue weighted by Gasteiger charge is -2.09. The minimum Gasteiger partial charge on any atom is -0.360 e. The maximum Gasteiger partial charge on any atom is 0.156 e. The Bertz CT molecular complexity index is 1230. The van der Waals surface area contributed by atoms with Crippen LogP contribution in [0.3, 0.4) is 0 Å². The fraction of sp³-hybridized carbons (Fsp3) is 0.0476. The third kappa shape index (κ3) is 2.99. The highest BCUT2D eigenvalue weighted by Gasteiger charge is 2.15. The Balaban J connectivity index is 1.61. The standard InChI is InChI=1S/C21H15N7/c1-2-4-14(5-3-1)21-20(15-6-9-24-25-12-15)26-19(27-28-21)10-16-11-23-18-13-22-8-7-17(16)18/h1-9,11-13,23H,10H2. The average molecular weight is 365 g/mol. The number of nitrogens with zero attached hydrogens (tertiary/aromatic N) is 6. The lowest BCUT2D eigenvalue weighted by Crippen LogP contribution is -2.04. The van der Waals surface area contributed by atoms with E-state index in [0.717, 1.165) is 39.0 Å². The first kappa shape index (κ1) is 16.2. The van der Waals surface area contributed by atoms with Crippen molar-refractivity contribution in [2.24, 2.45) is 0 Å². The molecule has 7 nitrogen and oxygen atoms in total. The normalized spacial score (nSPS) is 11.0. The molecule has 28 heavy (non-hydrogen) atoms. The Labute approximate surface area is 160 Å².